The summed E-state index contributed by atoms with van der Waals surface area (Å²) in [4.78, 5) is 4.47. The minimum Gasteiger partial charge on any atom is -0.388 e. The molecule has 2 fully saturated rings. The van der Waals surface area contributed by atoms with Gasteiger partial charge < -0.3 is 20.3 Å². The normalized spacial score (nSPS) is 32.0. The van der Waals surface area contributed by atoms with Crippen molar-refractivity contribution in [3.05, 3.63) is 47.8 Å². The Hall–Kier alpha value is -1.94. The van der Waals surface area contributed by atoms with Crippen molar-refractivity contribution in [2.24, 2.45) is 4.99 Å². The van der Waals surface area contributed by atoms with Gasteiger partial charge in [-0.05, 0) is 25.3 Å². The van der Waals surface area contributed by atoms with Crippen molar-refractivity contribution < 1.29 is 14.9 Å². The Labute approximate surface area is 186 Å². The highest BCUT2D eigenvalue weighted by Crippen LogP contribution is 2.45. The van der Waals surface area contributed by atoms with Crippen molar-refractivity contribution in [2.45, 2.75) is 74.4 Å². The molecule has 31 heavy (non-hydrogen) atoms. The zero-order valence-electron chi connectivity index (χ0n) is 17.6. The minimum absolute atomic E-state index is 0.105. The van der Waals surface area contributed by atoms with Crippen LogP contribution in [-0.4, -0.2) is 66.7 Å². The molecule has 0 bridgehead atoms. The number of benzene rings is 1. The summed E-state index contributed by atoms with van der Waals surface area (Å²) in [5.74, 6) is 0. The number of aliphatic imine (C=N–C) groups is 1. The van der Waals surface area contributed by atoms with Gasteiger partial charge in [0, 0.05) is 18.2 Å². The van der Waals surface area contributed by atoms with Gasteiger partial charge >= 0.3 is 0 Å². The second kappa shape index (κ2) is 8.54. The molecule has 3 aliphatic rings. The first kappa shape index (κ1) is 20.9. The molecule has 9 heteroatoms. The average molecular weight is 444 g/mol. The van der Waals surface area contributed by atoms with Crippen LogP contribution in [0.5, 0.6) is 0 Å². The molecule has 1 aromatic heterocycles. The Balaban J connectivity index is 1.33. The molecule has 8 nitrogen and oxygen atoms in total. The third-order valence-electron chi connectivity index (χ3n) is 6.67. The fourth-order valence-corrected chi connectivity index (χ4v) is 6.23. The third-order valence-corrected chi connectivity index (χ3v) is 7.77. The van der Waals surface area contributed by atoms with E-state index in [1.54, 1.807) is 4.68 Å². The summed E-state index contributed by atoms with van der Waals surface area (Å²) < 4.78 is 7.87. The second-order valence-corrected chi connectivity index (χ2v) is 9.67. The Bertz CT molecular complexity index is 930. The van der Waals surface area contributed by atoms with Gasteiger partial charge in [0.25, 0.3) is 0 Å². The fourth-order valence-electron chi connectivity index (χ4n) is 5.04. The standard InChI is InChI=1S/C22H29N5O3S/c1-2-23-21-24-17-19(29)18(28)15(30-20(17)31-21)12-27-13-16(25-26-27)22(10-6-7-11-22)14-8-4-3-5-9-14/h3-5,8-9,13,15,17-20,28-29H,2,6-7,10-12H2,1H3,(H,23,24)/t15-,17-,18-,19-,20-/m1/s1. The van der Waals surface area contributed by atoms with E-state index in [1.807, 2.05) is 19.2 Å². The first-order valence-electron chi connectivity index (χ1n) is 11.1. The summed E-state index contributed by atoms with van der Waals surface area (Å²) in [5.41, 5.74) is 1.83. The van der Waals surface area contributed by atoms with Crippen LogP contribution in [0.3, 0.4) is 0 Å². The van der Waals surface area contributed by atoms with Crippen molar-refractivity contribution >= 4 is 16.9 Å². The molecule has 1 aliphatic carbocycles. The molecule has 3 N–H and O–H groups in total. The number of rotatable bonds is 5. The SMILES string of the molecule is CCNC1=N[C@@H]2[C@@H](O)[C@H](O)[C@@H](Cn3cc(C4(c5ccccc5)CCCC4)nn3)O[C@@H]2S1. The van der Waals surface area contributed by atoms with E-state index in [0.717, 1.165) is 30.2 Å². The molecular weight excluding hydrogens is 414 g/mol. The molecule has 166 valence electrons. The van der Waals surface area contributed by atoms with Crippen molar-refractivity contribution in [3.8, 4) is 0 Å². The van der Waals surface area contributed by atoms with Crippen LogP contribution in [0.2, 0.25) is 0 Å². The number of hydrogen-bond acceptors (Lipinski definition) is 8. The number of ether oxygens (including phenoxy) is 1. The molecule has 1 aromatic carbocycles. The number of aliphatic hydroxyl groups excluding tert-OH is 2. The maximum Gasteiger partial charge on any atom is 0.159 e. The van der Waals surface area contributed by atoms with Gasteiger partial charge in [0.1, 0.15) is 29.8 Å². The van der Waals surface area contributed by atoms with Crippen LogP contribution in [-0.2, 0) is 16.7 Å². The molecule has 2 aromatic rings. The second-order valence-electron chi connectivity index (χ2n) is 8.58. The number of thioether (sulfide) groups is 1. The van der Waals surface area contributed by atoms with Gasteiger partial charge in [0.2, 0.25) is 0 Å². The van der Waals surface area contributed by atoms with Gasteiger partial charge in [0.05, 0.1) is 12.2 Å². The lowest BCUT2D eigenvalue weighted by Gasteiger charge is -2.38. The summed E-state index contributed by atoms with van der Waals surface area (Å²) in [6.07, 6.45) is 3.86. The maximum absolute atomic E-state index is 10.7. The number of hydrogen-bond donors (Lipinski definition) is 3. The van der Waals surface area contributed by atoms with Crippen molar-refractivity contribution in [2.75, 3.05) is 6.54 Å². The van der Waals surface area contributed by atoms with Crippen LogP contribution in [0.15, 0.2) is 41.5 Å². The van der Waals surface area contributed by atoms with E-state index in [1.165, 1.54) is 30.2 Å². The van der Waals surface area contributed by atoms with Gasteiger partial charge in [0.15, 0.2) is 5.17 Å². The van der Waals surface area contributed by atoms with Gasteiger partial charge in [-0.2, -0.15) is 0 Å². The lowest BCUT2D eigenvalue weighted by Crippen LogP contribution is -2.55. The summed E-state index contributed by atoms with van der Waals surface area (Å²) in [7, 11) is 0. The average Bonchev–Trinajstić information content (AvgIpc) is 3.53. The number of nitrogens with zero attached hydrogens (tertiary/aromatic N) is 4. The molecule has 2 aliphatic heterocycles. The monoisotopic (exact) mass is 443 g/mol. The van der Waals surface area contributed by atoms with E-state index in [0.29, 0.717) is 6.54 Å². The smallest absolute Gasteiger partial charge is 0.159 e. The van der Waals surface area contributed by atoms with E-state index >= 15 is 0 Å². The fraction of sp³-hybridized carbons (Fsp3) is 0.591. The molecule has 0 amide bonds. The predicted molar refractivity (Wildman–Crippen MR) is 119 cm³/mol. The molecular formula is C22H29N5O3S. The molecule has 0 radical (unpaired) electrons. The first-order valence-corrected chi connectivity index (χ1v) is 11.9. The van der Waals surface area contributed by atoms with Crippen LogP contribution in [0.4, 0.5) is 0 Å². The van der Waals surface area contributed by atoms with Gasteiger partial charge in [-0.1, -0.05) is 60.1 Å². The highest BCUT2D eigenvalue weighted by molar-refractivity contribution is 8.14. The molecule has 1 saturated carbocycles. The highest BCUT2D eigenvalue weighted by atomic mass is 32.2. The highest BCUT2D eigenvalue weighted by Gasteiger charge is 2.48. The molecule has 1 saturated heterocycles. The molecule has 0 unspecified atom stereocenters. The van der Waals surface area contributed by atoms with E-state index in [4.69, 9.17) is 4.74 Å². The van der Waals surface area contributed by atoms with Crippen LogP contribution in [0, 0.1) is 0 Å². The van der Waals surface area contributed by atoms with Crippen LogP contribution >= 0.6 is 11.8 Å². The van der Waals surface area contributed by atoms with Crippen LogP contribution < -0.4 is 5.32 Å². The number of nitrogens with one attached hydrogen (secondary N) is 1. The molecule has 0 spiro atoms. The zero-order chi connectivity index (χ0) is 21.4. The predicted octanol–water partition coefficient (Wildman–Crippen LogP) is 1.67. The topological polar surface area (TPSA) is 105 Å². The lowest BCUT2D eigenvalue weighted by molar-refractivity contribution is -0.157. The number of amidine groups is 1. The first-order chi connectivity index (χ1) is 15.1. The van der Waals surface area contributed by atoms with Crippen molar-refractivity contribution in [1.82, 2.24) is 20.3 Å². The Morgan fingerprint density at radius 2 is 1.97 bits per heavy atom. The van der Waals surface area contributed by atoms with Gasteiger partial charge in [-0.3, -0.25) is 4.99 Å². The third kappa shape index (κ3) is 3.77. The largest absolute Gasteiger partial charge is 0.388 e. The summed E-state index contributed by atoms with van der Waals surface area (Å²) >= 11 is 1.46. The number of aromatic nitrogens is 3. The number of fused-ring (bicyclic) bond motifs is 1. The van der Waals surface area contributed by atoms with E-state index in [9.17, 15) is 10.2 Å². The Kier molecular flexibility index (Phi) is 5.76. The molecule has 3 heterocycles. The van der Waals surface area contributed by atoms with Crippen LogP contribution in [0.25, 0.3) is 0 Å². The lowest BCUT2D eigenvalue weighted by atomic mass is 9.76. The Morgan fingerprint density at radius 3 is 2.71 bits per heavy atom. The minimum atomic E-state index is -1.03. The molecule has 5 atom stereocenters. The number of aliphatic hydroxyl groups is 2. The van der Waals surface area contributed by atoms with Crippen LogP contribution in [0.1, 0.15) is 43.9 Å². The quantitative estimate of drug-likeness (QED) is 0.646. The Morgan fingerprint density at radius 1 is 1.19 bits per heavy atom. The van der Waals surface area contributed by atoms with E-state index in [2.05, 4.69) is 44.9 Å². The summed E-state index contributed by atoms with van der Waals surface area (Å²) in [6, 6.07) is 10.1. The molecule has 5 rings (SSSR count). The van der Waals surface area contributed by atoms with Gasteiger partial charge in [-0.15, -0.1) is 5.10 Å². The van der Waals surface area contributed by atoms with Crippen molar-refractivity contribution in [3.63, 3.8) is 0 Å². The summed E-state index contributed by atoms with van der Waals surface area (Å²) in [5, 5.41) is 34.1. The van der Waals surface area contributed by atoms with Crippen molar-refractivity contribution in [1.29, 1.82) is 0 Å². The van der Waals surface area contributed by atoms with E-state index < -0.39 is 24.4 Å². The maximum atomic E-state index is 10.7. The van der Waals surface area contributed by atoms with E-state index in [-0.39, 0.29) is 10.9 Å². The zero-order valence-corrected chi connectivity index (χ0v) is 18.4. The van der Waals surface area contributed by atoms with Gasteiger partial charge in [-0.25, -0.2) is 4.68 Å². The summed E-state index contributed by atoms with van der Waals surface area (Å²) in [6.45, 7) is 3.07.